The Morgan fingerprint density at radius 1 is 1.40 bits per heavy atom. The van der Waals surface area contributed by atoms with Gasteiger partial charge in [-0.1, -0.05) is 0 Å². The van der Waals surface area contributed by atoms with Crippen molar-refractivity contribution >= 4 is 45.8 Å². The number of carbonyl (C=O) groups excluding carboxylic acids is 1. The average Bonchev–Trinajstić information content (AvgIpc) is 3.26. The third-order valence-corrected chi connectivity index (χ3v) is 5.75. The Labute approximate surface area is 167 Å². The number of rotatable bonds is 6. The maximum Gasteiger partial charge on any atom is 0.257 e. The second kappa shape index (κ2) is 8.64. The lowest BCUT2D eigenvalue weighted by Gasteiger charge is -2.28. The summed E-state index contributed by atoms with van der Waals surface area (Å²) in [6.45, 7) is 2.49. The van der Waals surface area contributed by atoms with E-state index in [1.807, 2.05) is 6.07 Å². The fourth-order valence-corrected chi connectivity index (χ4v) is 3.92. The molecule has 1 N–H and O–H groups in total. The number of carbonyl (C=O) groups is 1. The van der Waals surface area contributed by atoms with E-state index in [0.29, 0.717) is 16.6 Å². The topological polar surface area (TPSA) is 50.8 Å². The Balaban J connectivity index is 1.62. The Kier molecular flexibility index (Phi) is 6.51. The molecular formula is C18H23IN2O3S. The molecule has 2 fully saturated rings. The summed E-state index contributed by atoms with van der Waals surface area (Å²) >= 11 is 7.68. The molecule has 136 valence electrons. The normalized spacial score (nSPS) is 19.5. The van der Waals surface area contributed by atoms with Gasteiger partial charge in [0.1, 0.15) is 5.75 Å². The lowest BCUT2D eigenvalue weighted by molar-refractivity contribution is 0.0879. The molecule has 0 spiro atoms. The smallest absolute Gasteiger partial charge is 0.257 e. The number of nitrogens with one attached hydrogen (secondary N) is 1. The highest BCUT2D eigenvalue weighted by atomic mass is 127. The van der Waals surface area contributed by atoms with Crippen molar-refractivity contribution in [2.75, 3.05) is 26.8 Å². The Hall–Kier alpha value is -0.930. The molecule has 1 aromatic carbocycles. The number of amides is 1. The largest absolute Gasteiger partial charge is 0.496 e. The molecule has 1 unspecified atom stereocenters. The Morgan fingerprint density at radius 3 is 2.80 bits per heavy atom. The van der Waals surface area contributed by atoms with Crippen LogP contribution in [0.3, 0.4) is 0 Å². The summed E-state index contributed by atoms with van der Waals surface area (Å²) in [5.74, 6) is 1.27. The van der Waals surface area contributed by atoms with Gasteiger partial charge in [0.25, 0.3) is 5.91 Å². The van der Waals surface area contributed by atoms with Crippen LogP contribution in [0.5, 0.6) is 5.75 Å². The van der Waals surface area contributed by atoms with Gasteiger partial charge >= 0.3 is 0 Å². The second-order valence-corrected chi connectivity index (χ2v) is 8.14. The summed E-state index contributed by atoms with van der Waals surface area (Å²) in [7, 11) is 1.62. The predicted octanol–water partition coefficient (Wildman–Crippen LogP) is 3.21. The maximum absolute atomic E-state index is 12.5. The average molecular weight is 474 g/mol. The van der Waals surface area contributed by atoms with Crippen LogP contribution in [0, 0.1) is 9.49 Å². The number of thiocarbonyl (C=S) groups is 1. The van der Waals surface area contributed by atoms with E-state index < -0.39 is 0 Å². The number of hydrogen-bond donors (Lipinski definition) is 1. The van der Waals surface area contributed by atoms with Crippen molar-refractivity contribution in [1.82, 2.24) is 10.2 Å². The standard InChI is InChI=1S/C18H23IN2O3S/c1-23-16-7-6-13(9-15(16)19)17(22)20-18(25)21(10-12-4-5-12)11-14-3-2-8-24-14/h6-7,9,12,14H,2-5,8,10-11H2,1H3,(H,20,22,25). The van der Waals surface area contributed by atoms with Gasteiger partial charge in [-0.3, -0.25) is 10.1 Å². The van der Waals surface area contributed by atoms with E-state index in [0.717, 1.165) is 41.9 Å². The molecule has 0 aromatic heterocycles. The highest BCUT2D eigenvalue weighted by molar-refractivity contribution is 14.1. The highest BCUT2D eigenvalue weighted by Gasteiger charge is 2.28. The van der Waals surface area contributed by atoms with E-state index in [9.17, 15) is 4.79 Å². The zero-order valence-electron chi connectivity index (χ0n) is 14.3. The summed E-state index contributed by atoms with van der Waals surface area (Å²) in [4.78, 5) is 14.7. The van der Waals surface area contributed by atoms with E-state index in [-0.39, 0.29) is 12.0 Å². The molecule has 1 heterocycles. The first-order valence-electron chi connectivity index (χ1n) is 8.62. The van der Waals surface area contributed by atoms with Gasteiger partial charge in [0, 0.05) is 25.3 Å². The van der Waals surface area contributed by atoms with Crippen LogP contribution in [0.2, 0.25) is 0 Å². The summed E-state index contributed by atoms with van der Waals surface area (Å²) in [5.41, 5.74) is 0.580. The van der Waals surface area contributed by atoms with Crippen molar-refractivity contribution in [3.63, 3.8) is 0 Å². The van der Waals surface area contributed by atoms with E-state index in [4.69, 9.17) is 21.7 Å². The van der Waals surface area contributed by atoms with Gasteiger partial charge in [-0.05, 0) is 84.6 Å². The molecule has 1 aliphatic heterocycles. The minimum absolute atomic E-state index is 0.182. The maximum atomic E-state index is 12.5. The molecule has 1 aromatic rings. The lowest BCUT2D eigenvalue weighted by atomic mass is 10.2. The van der Waals surface area contributed by atoms with Gasteiger partial charge in [0.2, 0.25) is 0 Å². The first-order valence-corrected chi connectivity index (χ1v) is 10.1. The molecule has 1 saturated carbocycles. The quantitative estimate of drug-likeness (QED) is 0.507. The number of hydrogen-bond acceptors (Lipinski definition) is 4. The zero-order chi connectivity index (χ0) is 17.8. The van der Waals surface area contributed by atoms with E-state index >= 15 is 0 Å². The summed E-state index contributed by atoms with van der Waals surface area (Å²) in [6, 6.07) is 5.36. The molecule has 1 amide bonds. The van der Waals surface area contributed by atoms with Crippen molar-refractivity contribution < 1.29 is 14.3 Å². The first kappa shape index (κ1) is 18.8. The third kappa shape index (κ3) is 5.27. The summed E-state index contributed by atoms with van der Waals surface area (Å²) in [5, 5.41) is 3.39. The monoisotopic (exact) mass is 474 g/mol. The zero-order valence-corrected chi connectivity index (χ0v) is 17.3. The van der Waals surface area contributed by atoms with Crippen LogP contribution in [0.25, 0.3) is 0 Å². The molecule has 1 aliphatic carbocycles. The Bertz CT molecular complexity index is 645. The Morgan fingerprint density at radius 2 is 2.20 bits per heavy atom. The molecule has 3 rings (SSSR count). The van der Waals surface area contributed by atoms with Crippen LogP contribution >= 0.6 is 34.8 Å². The van der Waals surface area contributed by atoms with E-state index in [1.165, 1.54) is 12.8 Å². The lowest BCUT2D eigenvalue weighted by Crippen LogP contribution is -2.46. The molecule has 2 aliphatic rings. The first-order chi connectivity index (χ1) is 12.1. The van der Waals surface area contributed by atoms with Gasteiger partial charge in [-0.25, -0.2) is 0 Å². The van der Waals surface area contributed by atoms with Crippen LogP contribution in [-0.4, -0.2) is 48.8 Å². The van der Waals surface area contributed by atoms with Gasteiger partial charge in [0.05, 0.1) is 16.8 Å². The number of methoxy groups -OCH3 is 1. The van der Waals surface area contributed by atoms with Crippen LogP contribution in [0.15, 0.2) is 18.2 Å². The second-order valence-electron chi connectivity index (χ2n) is 6.59. The molecule has 7 heteroatoms. The van der Waals surface area contributed by atoms with Gasteiger partial charge < -0.3 is 14.4 Å². The molecule has 25 heavy (non-hydrogen) atoms. The van der Waals surface area contributed by atoms with Gasteiger partial charge in [-0.2, -0.15) is 0 Å². The minimum atomic E-state index is -0.182. The summed E-state index contributed by atoms with van der Waals surface area (Å²) < 4.78 is 11.9. The molecule has 0 bridgehead atoms. The van der Waals surface area contributed by atoms with Crippen LogP contribution in [0.4, 0.5) is 0 Å². The molecule has 1 atom stereocenters. The van der Waals surface area contributed by atoms with E-state index in [2.05, 4.69) is 32.8 Å². The van der Waals surface area contributed by atoms with Gasteiger partial charge in [-0.15, -0.1) is 0 Å². The predicted molar refractivity (Wildman–Crippen MR) is 109 cm³/mol. The number of benzene rings is 1. The molecular weight excluding hydrogens is 451 g/mol. The van der Waals surface area contributed by atoms with Crippen molar-refractivity contribution in [2.45, 2.75) is 31.8 Å². The van der Waals surface area contributed by atoms with Crippen LogP contribution in [0.1, 0.15) is 36.0 Å². The van der Waals surface area contributed by atoms with Crippen molar-refractivity contribution in [3.8, 4) is 5.75 Å². The van der Waals surface area contributed by atoms with Gasteiger partial charge in [0.15, 0.2) is 5.11 Å². The molecule has 0 radical (unpaired) electrons. The van der Waals surface area contributed by atoms with Crippen molar-refractivity contribution in [1.29, 1.82) is 0 Å². The molecule has 1 saturated heterocycles. The van der Waals surface area contributed by atoms with Crippen LogP contribution in [-0.2, 0) is 4.74 Å². The SMILES string of the molecule is COc1ccc(C(=O)NC(=S)N(CC2CC2)CC2CCCO2)cc1I. The fourth-order valence-electron chi connectivity index (χ4n) is 2.94. The molecule has 5 nitrogen and oxygen atoms in total. The fraction of sp³-hybridized carbons (Fsp3) is 0.556. The van der Waals surface area contributed by atoms with Crippen molar-refractivity contribution in [3.05, 3.63) is 27.3 Å². The van der Waals surface area contributed by atoms with Crippen molar-refractivity contribution in [2.24, 2.45) is 5.92 Å². The van der Waals surface area contributed by atoms with E-state index in [1.54, 1.807) is 19.2 Å². The number of halogens is 1. The number of nitrogens with zero attached hydrogens (tertiary/aromatic N) is 1. The third-order valence-electron chi connectivity index (χ3n) is 4.55. The minimum Gasteiger partial charge on any atom is -0.496 e. The number of ether oxygens (including phenoxy) is 2. The highest BCUT2D eigenvalue weighted by Crippen LogP contribution is 2.30. The summed E-state index contributed by atoms with van der Waals surface area (Å²) in [6.07, 6.45) is 4.88. The van der Waals surface area contributed by atoms with Crippen LogP contribution < -0.4 is 10.1 Å².